The zero-order valence-corrected chi connectivity index (χ0v) is 13.9. The molecule has 0 saturated carbocycles. The van der Waals surface area contributed by atoms with Crippen LogP contribution < -0.4 is 5.32 Å². The molecule has 0 aliphatic carbocycles. The van der Waals surface area contributed by atoms with Gasteiger partial charge in [-0.1, -0.05) is 32.0 Å². The van der Waals surface area contributed by atoms with Gasteiger partial charge in [-0.3, -0.25) is 4.79 Å². The number of nitrogens with one attached hydrogen (secondary N) is 1. The second-order valence-electron chi connectivity index (χ2n) is 6.06. The predicted molar refractivity (Wildman–Crippen MR) is 85.9 cm³/mol. The third kappa shape index (κ3) is 4.34. The van der Waals surface area contributed by atoms with Gasteiger partial charge in [0, 0.05) is 16.8 Å². The maximum absolute atomic E-state index is 12.8. The van der Waals surface area contributed by atoms with Gasteiger partial charge in [-0.15, -0.1) is 11.3 Å². The number of carbonyl (C=O) groups is 1. The summed E-state index contributed by atoms with van der Waals surface area (Å²) in [7, 11) is 0. The van der Waals surface area contributed by atoms with Crippen LogP contribution in [-0.4, -0.2) is 12.5 Å². The molecule has 0 bridgehead atoms. The first-order chi connectivity index (χ1) is 10.6. The fourth-order valence-electron chi connectivity index (χ4n) is 2.16. The van der Waals surface area contributed by atoms with Gasteiger partial charge in [-0.2, -0.15) is 13.2 Å². The molecule has 2 rings (SSSR count). The molecule has 2 nitrogen and oxygen atoms in total. The highest BCUT2D eigenvalue weighted by Crippen LogP contribution is 2.32. The van der Waals surface area contributed by atoms with Crippen molar-refractivity contribution in [2.24, 2.45) is 0 Å². The van der Waals surface area contributed by atoms with E-state index in [9.17, 15) is 18.0 Å². The topological polar surface area (TPSA) is 29.1 Å². The van der Waals surface area contributed by atoms with Crippen molar-refractivity contribution in [3.05, 3.63) is 57.3 Å². The second-order valence-corrected chi connectivity index (χ2v) is 7.34. The Labute approximate surface area is 137 Å². The first kappa shape index (κ1) is 17.5. The van der Waals surface area contributed by atoms with E-state index >= 15 is 0 Å². The molecule has 0 aliphatic heterocycles. The van der Waals surface area contributed by atoms with E-state index in [0.29, 0.717) is 10.4 Å². The van der Waals surface area contributed by atoms with Crippen LogP contribution in [0.15, 0.2) is 36.4 Å². The Bertz CT molecular complexity index is 704. The molecule has 23 heavy (non-hydrogen) atoms. The molecule has 0 atom stereocenters. The fourth-order valence-corrected chi connectivity index (χ4v) is 2.95. The molecule has 1 heterocycles. The third-order valence-corrected chi connectivity index (χ3v) is 4.63. The smallest absolute Gasteiger partial charge is 0.350 e. The van der Waals surface area contributed by atoms with Gasteiger partial charge in [0.1, 0.15) is 0 Å². The van der Waals surface area contributed by atoms with Crippen molar-refractivity contribution in [3.63, 3.8) is 0 Å². The molecule has 0 spiro atoms. The lowest BCUT2D eigenvalue weighted by molar-refractivity contribution is -0.137. The Hall–Kier alpha value is -1.82. The number of hydrogen-bond acceptors (Lipinski definition) is 2. The highest BCUT2D eigenvalue weighted by Gasteiger charge is 2.32. The number of hydrogen-bond donors (Lipinski definition) is 1. The molecular formula is C17H18F3NOS. The van der Waals surface area contributed by atoms with Crippen molar-refractivity contribution in [2.45, 2.75) is 32.4 Å². The second kappa shape index (κ2) is 6.35. The summed E-state index contributed by atoms with van der Waals surface area (Å²) < 4.78 is 38.5. The molecule has 124 valence electrons. The summed E-state index contributed by atoms with van der Waals surface area (Å²) in [6.07, 6.45) is -4.37. The molecule has 0 aliphatic rings. The third-order valence-electron chi connectivity index (χ3n) is 3.63. The number of aryl methyl sites for hydroxylation is 1. The Morgan fingerprint density at radius 3 is 2.35 bits per heavy atom. The van der Waals surface area contributed by atoms with Crippen LogP contribution in [-0.2, 0) is 11.6 Å². The Morgan fingerprint density at radius 1 is 1.13 bits per heavy atom. The van der Waals surface area contributed by atoms with Crippen molar-refractivity contribution in [2.75, 3.05) is 6.54 Å². The van der Waals surface area contributed by atoms with Crippen LogP contribution in [0.1, 0.15) is 39.5 Å². The lowest BCUT2D eigenvalue weighted by Gasteiger charge is -2.26. The molecule has 0 unspecified atom stereocenters. The number of carbonyl (C=O) groups excluding carboxylic acids is 1. The van der Waals surface area contributed by atoms with Crippen LogP contribution in [0.25, 0.3) is 0 Å². The standard InChI is InChI=1S/C17H18F3NOS/c1-11-7-8-14(23-11)15(22)21-10-16(2,3)12-5-4-6-13(9-12)17(18,19)20/h4-9H,10H2,1-3H3,(H,21,22). The number of amides is 1. The Kier molecular flexibility index (Phi) is 4.84. The maximum Gasteiger partial charge on any atom is 0.416 e. The number of thiophene rings is 1. The minimum Gasteiger partial charge on any atom is -0.350 e. The van der Waals surface area contributed by atoms with Gasteiger partial charge in [-0.05, 0) is 30.7 Å². The van der Waals surface area contributed by atoms with Gasteiger partial charge < -0.3 is 5.32 Å². The molecule has 1 amide bonds. The average molecular weight is 341 g/mol. The van der Waals surface area contributed by atoms with Crippen LogP contribution in [0.3, 0.4) is 0 Å². The van der Waals surface area contributed by atoms with E-state index in [1.165, 1.54) is 17.4 Å². The molecule has 0 saturated heterocycles. The lowest BCUT2D eigenvalue weighted by Crippen LogP contribution is -2.36. The molecule has 1 aromatic carbocycles. The maximum atomic E-state index is 12.8. The summed E-state index contributed by atoms with van der Waals surface area (Å²) in [5.41, 5.74) is -0.748. The van der Waals surface area contributed by atoms with E-state index < -0.39 is 17.2 Å². The van der Waals surface area contributed by atoms with Gasteiger partial charge in [-0.25, -0.2) is 0 Å². The van der Waals surface area contributed by atoms with Crippen LogP contribution in [0.2, 0.25) is 0 Å². The van der Waals surface area contributed by atoms with E-state index in [4.69, 9.17) is 0 Å². The SMILES string of the molecule is Cc1ccc(C(=O)NCC(C)(C)c2cccc(C(F)(F)F)c2)s1. The molecule has 0 fully saturated rings. The predicted octanol–water partition coefficient (Wildman–Crippen LogP) is 4.78. The summed E-state index contributed by atoms with van der Waals surface area (Å²) in [6, 6.07) is 8.83. The van der Waals surface area contributed by atoms with Gasteiger partial charge >= 0.3 is 6.18 Å². The molecule has 2 aromatic rings. The largest absolute Gasteiger partial charge is 0.416 e. The van der Waals surface area contributed by atoms with Gasteiger partial charge in [0.15, 0.2) is 0 Å². The van der Waals surface area contributed by atoms with Crippen molar-refractivity contribution in [1.29, 1.82) is 0 Å². The van der Waals surface area contributed by atoms with E-state index in [0.717, 1.165) is 17.0 Å². The summed E-state index contributed by atoms with van der Waals surface area (Å²) in [6.45, 7) is 5.78. The molecule has 1 N–H and O–H groups in total. The van der Waals surface area contributed by atoms with Gasteiger partial charge in [0.25, 0.3) is 5.91 Å². The first-order valence-corrected chi connectivity index (χ1v) is 7.93. The minimum atomic E-state index is -4.37. The normalized spacial score (nSPS) is 12.3. The highest BCUT2D eigenvalue weighted by molar-refractivity contribution is 7.13. The van der Waals surface area contributed by atoms with Gasteiger partial charge in [0.2, 0.25) is 0 Å². The summed E-state index contributed by atoms with van der Waals surface area (Å²) in [5, 5.41) is 2.80. The first-order valence-electron chi connectivity index (χ1n) is 7.12. The Balaban J connectivity index is 2.11. The van der Waals surface area contributed by atoms with Crippen LogP contribution in [0.5, 0.6) is 0 Å². The quantitative estimate of drug-likeness (QED) is 0.852. The summed E-state index contributed by atoms with van der Waals surface area (Å²) in [4.78, 5) is 13.7. The zero-order chi connectivity index (χ0) is 17.3. The minimum absolute atomic E-state index is 0.205. The van der Waals surface area contributed by atoms with Gasteiger partial charge in [0.05, 0.1) is 10.4 Å². The van der Waals surface area contributed by atoms with E-state index in [1.807, 2.05) is 26.8 Å². The fraction of sp³-hybridized carbons (Fsp3) is 0.353. The molecule has 1 aromatic heterocycles. The highest BCUT2D eigenvalue weighted by atomic mass is 32.1. The van der Waals surface area contributed by atoms with Crippen LogP contribution >= 0.6 is 11.3 Å². The average Bonchev–Trinajstić information content (AvgIpc) is 2.91. The zero-order valence-electron chi connectivity index (χ0n) is 13.1. The van der Waals surface area contributed by atoms with Crippen LogP contribution in [0, 0.1) is 6.92 Å². The molecule has 6 heteroatoms. The van der Waals surface area contributed by atoms with Crippen molar-refractivity contribution >= 4 is 17.2 Å². The monoisotopic (exact) mass is 341 g/mol. The number of halogens is 3. The Morgan fingerprint density at radius 2 is 1.78 bits per heavy atom. The molecular weight excluding hydrogens is 323 g/mol. The number of rotatable bonds is 4. The summed E-state index contributed by atoms with van der Waals surface area (Å²) in [5.74, 6) is -0.205. The summed E-state index contributed by atoms with van der Waals surface area (Å²) >= 11 is 1.39. The van der Waals surface area contributed by atoms with E-state index in [-0.39, 0.29) is 12.5 Å². The number of benzene rings is 1. The molecule has 0 radical (unpaired) electrons. The number of alkyl halides is 3. The van der Waals surface area contributed by atoms with E-state index in [2.05, 4.69) is 5.32 Å². The lowest BCUT2D eigenvalue weighted by atomic mass is 9.83. The van der Waals surface area contributed by atoms with Crippen molar-refractivity contribution in [3.8, 4) is 0 Å². The van der Waals surface area contributed by atoms with Crippen molar-refractivity contribution < 1.29 is 18.0 Å². The van der Waals surface area contributed by atoms with E-state index in [1.54, 1.807) is 12.1 Å². The van der Waals surface area contributed by atoms with Crippen LogP contribution in [0.4, 0.5) is 13.2 Å². The van der Waals surface area contributed by atoms with Crippen molar-refractivity contribution in [1.82, 2.24) is 5.32 Å².